The number of nitrogens with one attached hydrogen (secondary N) is 2. The molecule has 0 saturated carbocycles. The van der Waals surface area contributed by atoms with Gasteiger partial charge in [0.1, 0.15) is 0 Å². The largest absolute Gasteiger partial charge is 0.449 e. The molecule has 0 aromatic carbocycles. The molecule has 0 aromatic rings. The van der Waals surface area contributed by atoms with E-state index in [9.17, 15) is 9.59 Å². The van der Waals surface area contributed by atoms with Crippen molar-refractivity contribution < 1.29 is 19.1 Å². The van der Waals surface area contributed by atoms with Gasteiger partial charge in [-0.15, -0.1) is 0 Å². The Hall–Kier alpha value is -1.50. The van der Waals surface area contributed by atoms with Gasteiger partial charge in [0.05, 0.1) is 13.2 Å². The normalized spacial score (nSPS) is 12.8. The highest BCUT2D eigenvalue weighted by Crippen LogP contribution is 2.18. The van der Waals surface area contributed by atoms with Gasteiger partial charge in [0.15, 0.2) is 0 Å². The average Bonchev–Trinajstić information content (AvgIpc) is 2.87. The van der Waals surface area contributed by atoms with E-state index in [1.54, 1.807) is 0 Å². The molecule has 2 unspecified atom stereocenters. The van der Waals surface area contributed by atoms with Crippen molar-refractivity contribution in [1.29, 1.82) is 0 Å². The number of rotatable bonds is 25. The quantitative estimate of drug-likeness (QED) is 0.120. The summed E-state index contributed by atoms with van der Waals surface area (Å²) < 4.78 is 10.4. The summed E-state index contributed by atoms with van der Waals surface area (Å²) >= 11 is 0. The summed E-state index contributed by atoms with van der Waals surface area (Å²) in [5.74, 6) is 0.860. The first kappa shape index (κ1) is 35.5. The van der Waals surface area contributed by atoms with Gasteiger partial charge in [0.2, 0.25) is 0 Å². The predicted octanol–water partition coefficient (Wildman–Crippen LogP) is 7.53. The van der Waals surface area contributed by atoms with Gasteiger partial charge in [-0.2, -0.15) is 0 Å². The zero-order valence-electron chi connectivity index (χ0n) is 25.1. The van der Waals surface area contributed by atoms with E-state index < -0.39 is 12.2 Å². The zero-order valence-corrected chi connectivity index (χ0v) is 25.1. The lowest BCUT2D eigenvalue weighted by molar-refractivity contribution is 0.0912. The van der Waals surface area contributed by atoms with Crippen molar-refractivity contribution in [3.63, 3.8) is 0 Å². The maximum atomic E-state index is 11.8. The SMILES string of the molecule is CCCCCCC(C)CCCCCCCCCCCNC(=O)OCC(C)COC(=O)NCCCN(C)C. The third kappa shape index (κ3) is 27.4. The van der Waals surface area contributed by atoms with Gasteiger partial charge < -0.3 is 25.0 Å². The molecule has 2 N–H and O–H groups in total. The standard InChI is InChI=1S/C30H61N3O4/c1-6-7-8-16-20-27(2)21-17-14-12-10-9-11-13-15-18-22-31-29(34)36-25-28(3)26-37-30(35)32-23-19-24-33(4)5/h27-28H,6-26H2,1-5H3,(H,31,34)(H,32,35). The Morgan fingerprint density at radius 2 is 1.05 bits per heavy atom. The molecule has 0 bridgehead atoms. The van der Waals surface area contributed by atoms with Crippen molar-refractivity contribution in [2.45, 2.75) is 124 Å². The number of ether oxygens (including phenoxy) is 2. The van der Waals surface area contributed by atoms with Crippen molar-refractivity contribution in [2.24, 2.45) is 11.8 Å². The molecule has 0 aromatic heterocycles. The molecule has 0 aliphatic heterocycles. The number of hydrogen-bond donors (Lipinski definition) is 2. The van der Waals surface area contributed by atoms with Gasteiger partial charge in [-0.1, -0.05) is 111 Å². The van der Waals surface area contributed by atoms with E-state index in [4.69, 9.17) is 9.47 Å². The Morgan fingerprint density at radius 3 is 1.54 bits per heavy atom. The summed E-state index contributed by atoms with van der Waals surface area (Å²) in [7, 11) is 3.99. The first-order valence-corrected chi connectivity index (χ1v) is 15.3. The van der Waals surface area contributed by atoms with Crippen LogP contribution in [0, 0.1) is 11.8 Å². The number of unbranched alkanes of at least 4 members (excludes halogenated alkanes) is 11. The van der Waals surface area contributed by atoms with Crippen LogP contribution in [0.3, 0.4) is 0 Å². The number of alkyl carbamates (subject to hydrolysis) is 2. The van der Waals surface area contributed by atoms with Crippen LogP contribution in [0.25, 0.3) is 0 Å². The molecule has 0 radical (unpaired) electrons. The Kier molecular flexibility index (Phi) is 25.1. The molecular weight excluding hydrogens is 466 g/mol. The topological polar surface area (TPSA) is 79.9 Å². The molecule has 0 aliphatic carbocycles. The first-order chi connectivity index (χ1) is 17.8. The van der Waals surface area contributed by atoms with E-state index in [0.29, 0.717) is 13.1 Å². The molecule has 0 rings (SSSR count). The first-order valence-electron chi connectivity index (χ1n) is 15.3. The van der Waals surface area contributed by atoms with Crippen LogP contribution < -0.4 is 10.6 Å². The Morgan fingerprint density at radius 1 is 0.622 bits per heavy atom. The Balaban J connectivity index is 3.42. The molecule has 0 spiro atoms. The summed E-state index contributed by atoms with van der Waals surface area (Å²) in [5.41, 5.74) is 0. The fraction of sp³-hybridized carbons (Fsp3) is 0.933. The molecule has 7 heteroatoms. The summed E-state index contributed by atoms with van der Waals surface area (Å²) in [6.45, 7) is 9.21. The number of nitrogens with zero attached hydrogens (tertiary/aromatic N) is 1. The van der Waals surface area contributed by atoms with Gasteiger partial charge in [-0.3, -0.25) is 0 Å². The molecule has 7 nitrogen and oxygen atoms in total. The lowest BCUT2D eigenvalue weighted by Gasteiger charge is -2.14. The summed E-state index contributed by atoms with van der Waals surface area (Å²) in [6.07, 6.45) is 19.9. The third-order valence-electron chi connectivity index (χ3n) is 6.74. The maximum absolute atomic E-state index is 11.8. The van der Waals surface area contributed by atoms with Crippen LogP contribution in [-0.4, -0.2) is 64.0 Å². The van der Waals surface area contributed by atoms with Gasteiger partial charge >= 0.3 is 12.2 Å². The van der Waals surface area contributed by atoms with Gasteiger partial charge in [-0.25, -0.2) is 9.59 Å². The minimum Gasteiger partial charge on any atom is -0.449 e. The van der Waals surface area contributed by atoms with Crippen LogP contribution in [-0.2, 0) is 9.47 Å². The van der Waals surface area contributed by atoms with Gasteiger partial charge in [-0.05, 0) is 39.4 Å². The Labute approximate surface area is 229 Å². The van der Waals surface area contributed by atoms with E-state index in [1.165, 1.54) is 83.5 Å². The highest BCUT2D eigenvalue weighted by Gasteiger charge is 2.10. The fourth-order valence-corrected chi connectivity index (χ4v) is 4.28. The lowest BCUT2D eigenvalue weighted by atomic mass is 9.96. The van der Waals surface area contributed by atoms with Gasteiger partial charge in [0, 0.05) is 19.0 Å². The predicted molar refractivity (Wildman–Crippen MR) is 155 cm³/mol. The molecular formula is C30H61N3O4. The van der Waals surface area contributed by atoms with E-state index in [1.807, 2.05) is 21.0 Å². The molecule has 2 atom stereocenters. The summed E-state index contributed by atoms with van der Waals surface area (Å²) in [4.78, 5) is 25.6. The number of carbonyl (C=O) groups is 2. The minimum atomic E-state index is -0.423. The molecule has 0 fully saturated rings. The van der Waals surface area contributed by atoms with E-state index in [2.05, 4.69) is 29.4 Å². The second kappa shape index (κ2) is 26.1. The van der Waals surface area contributed by atoms with E-state index in [0.717, 1.165) is 31.7 Å². The Bertz CT molecular complexity index is 531. The third-order valence-corrected chi connectivity index (χ3v) is 6.74. The summed E-state index contributed by atoms with van der Waals surface area (Å²) in [5, 5.41) is 5.54. The lowest BCUT2D eigenvalue weighted by Crippen LogP contribution is -2.30. The van der Waals surface area contributed by atoms with Crippen molar-refractivity contribution in [2.75, 3.05) is 46.9 Å². The highest BCUT2D eigenvalue weighted by atomic mass is 16.6. The van der Waals surface area contributed by atoms with Crippen LogP contribution in [0.1, 0.15) is 124 Å². The van der Waals surface area contributed by atoms with E-state index >= 15 is 0 Å². The van der Waals surface area contributed by atoms with Crippen LogP contribution >= 0.6 is 0 Å². The maximum Gasteiger partial charge on any atom is 0.407 e. The van der Waals surface area contributed by atoms with Gasteiger partial charge in [0.25, 0.3) is 0 Å². The number of amides is 2. The average molecular weight is 528 g/mol. The van der Waals surface area contributed by atoms with Crippen molar-refractivity contribution in [3.8, 4) is 0 Å². The molecule has 0 saturated heterocycles. The van der Waals surface area contributed by atoms with Crippen molar-refractivity contribution >= 4 is 12.2 Å². The number of carbonyl (C=O) groups excluding carboxylic acids is 2. The smallest absolute Gasteiger partial charge is 0.407 e. The van der Waals surface area contributed by atoms with Crippen LogP contribution in [0.5, 0.6) is 0 Å². The van der Waals surface area contributed by atoms with Crippen LogP contribution in [0.15, 0.2) is 0 Å². The van der Waals surface area contributed by atoms with Crippen LogP contribution in [0.2, 0.25) is 0 Å². The second-order valence-electron chi connectivity index (χ2n) is 11.2. The minimum absolute atomic E-state index is 0.0442. The van der Waals surface area contributed by atoms with Crippen molar-refractivity contribution in [1.82, 2.24) is 15.5 Å². The van der Waals surface area contributed by atoms with Crippen LogP contribution in [0.4, 0.5) is 9.59 Å². The fourth-order valence-electron chi connectivity index (χ4n) is 4.28. The molecule has 0 aliphatic rings. The highest BCUT2D eigenvalue weighted by molar-refractivity contribution is 5.67. The molecule has 2 amide bonds. The summed E-state index contributed by atoms with van der Waals surface area (Å²) in [6, 6.07) is 0. The monoisotopic (exact) mass is 527 g/mol. The van der Waals surface area contributed by atoms with Crippen molar-refractivity contribution in [3.05, 3.63) is 0 Å². The molecule has 0 heterocycles. The second-order valence-corrected chi connectivity index (χ2v) is 11.2. The zero-order chi connectivity index (χ0) is 27.6. The van der Waals surface area contributed by atoms with E-state index in [-0.39, 0.29) is 19.1 Å². The number of hydrogen-bond acceptors (Lipinski definition) is 5. The molecule has 37 heavy (non-hydrogen) atoms. The molecule has 220 valence electrons.